The molecule has 162 valence electrons. The average Bonchev–Trinajstić information content (AvgIpc) is 3.13. The van der Waals surface area contributed by atoms with E-state index in [2.05, 4.69) is 25.9 Å². The highest BCUT2D eigenvalue weighted by Crippen LogP contribution is 2.22. The smallest absolute Gasteiger partial charge is 0.323 e. The molecule has 4 aromatic rings. The number of amides is 2. The van der Waals surface area contributed by atoms with Gasteiger partial charge in [-0.2, -0.15) is 5.10 Å². The fourth-order valence-electron chi connectivity index (χ4n) is 3.06. The zero-order valence-corrected chi connectivity index (χ0v) is 17.9. The number of ether oxygens (including phenoxy) is 2. The largest absolute Gasteiger partial charge is 0.497 e. The van der Waals surface area contributed by atoms with Crippen molar-refractivity contribution in [2.75, 3.05) is 17.7 Å². The van der Waals surface area contributed by atoms with Gasteiger partial charge in [0.15, 0.2) is 5.82 Å². The maximum absolute atomic E-state index is 12.2. The van der Waals surface area contributed by atoms with Gasteiger partial charge >= 0.3 is 6.03 Å². The molecule has 0 atom stereocenters. The van der Waals surface area contributed by atoms with E-state index in [1.807, 2.05) is 19.9 Å². The molecule has 9 nitrogen and oxygen atoms in total. The number of anilines is 2. The first-order valence-corrected chi connectivity index (χ1v) is 9.87. The van der Waals surface area contributed by atoms with Gasteiger partial charge in [0.25, 0.3) is 0 Å². The van der Waals surface area contributed by atoms with Crippen molar-refractivity contribution in [3.63, 3.8) is 0 Å². The second kappa shape index (κ2) is 9.17. The quantitative estimate of drug-likeness (QED) is 0.459. The molecule has 2 heterocycles. The molecule has 0 aliphatic carbocycles. The zero-order chi connectivity index (χ0) is 22.5. The molecule has 9 heteroatoms. The Kier molecular flexibility index (Phi) is 5.98. The Hall–Kier alpha value is -4.40. The third-order valence-electron chi connectivity index (χ3n) is 4.51. The number of methoxy groups -OCH3 is 1. The molecule has 0 saturated heterocycles. The molecule has 32 heavy (non-hydrogen) atoms. The highest BCUT2D eigenvalue weighted by Gasteiger charge is 2.08. The fourth-order valence-corrected chi connectivity index (χ4v) is 3.06. The van der Waals surface area contributed by atoms with Crippen molar-refractivity contribution < 1.29 is 14.3 Å². The van der Waals surface area contributed by atoms with Gasteiger partial charge in [-0.1, -0.05) is 6.07 Å². The van der Waals surface area contributed by atoms with Gasteiger partial charge in [0.1, 0.15) is 11.5 Å². The van der Waals surface area contributed by atoms with Crippen molar-refractivity contribution in [3.05, 3.63) is 78.1 Å². The lowest BCUT2D eigenvalue weighted by atomic mass is 10.3. The molecule has 0 aliphatic heterocycles. The Morgan fingerprint density at radius 2 is 1.66 bits per heavy atom. The molecule has 0 unspecified atom stereocenters. The van der Waals surface area contributed by atoms with Crippen LogP contribution in [0.2, 0.25) is 0 Å². The Balaban J connectivity index is 1.35. The van der Waals surface area contributed by atoms with Crippen LogP contribution in [0.4, 0.5) is 16.2 Å². The lowest BCUT2D eigenvalue weighted by Gasteiger charge is -2.10. The minimum atomic E-state index is -0.363. The van der Waals surface area contributed by atoms with Crippen LogP contribution in [0.5, 0.6) is 17.4 Å². The van der Waals surface area contributed by atoms with Gasteiger partial charge in [-0.15, -0.1) is 10.2 Å². The fraction of sp³-hybridized carbons (Fsp3) is 0.130. The summed E-state index contributed by atoms with van der Waals surface area (Å²) in [6.07, 6.45) is 0. The van der Waals surface area contributed by atoms with Crippen molar-refractivity contribution in [2.24, 2.45) is 0 Å². The normalized spacial score (nSPS) is 10.5. The van der Waals surface area contributed by atoms with E-state index in [0.29, 0.717) is 34.6 Å². The second-order valence-corrected chi connectivity index (χ2v) is 7.01. The number of carbonyl (C=O) groups excluding carboxylic acids is 1. The van der Waals surface area contributed by atoms with E-state index in [9.17, 15) is 4.79 Å². The van der Waals surface area contributed by atoms with Crippen LogP contribution in [0.15, 0.2) is 66.7 Å². The number of aryl methyl sites for hydroxylation is 2. The molecule has 0 radical (unpaired) electrons. The van der Waals surface area contributed by atoms with Gasteiger partial charge < -0.3 is 20.1 Å². The average molecular weight is 430 g/mol. The van der Waals surface area contributed by atoms with Crippen molar-refractivity contribution in [3.8, 4) is 23.2 Å². The predicted octanol–water partition coefficient (Wildman–Crippen LogP) is 4.72. The standard InChI is InChI=1S/C23H22N6O3/c1-15-13-16(2)29(28-15)21-11-12-22(27-26-21)32-19-9-7-17(8-10-19)24-23(30)25-18-5-4-6-20(14-18)31-3/h4-14H,1-3H3,(H2,24,25,30). The molecule has 0 saturated carbocycles. The Morgan fingerprint density at radius 3 is 2.31 bits per heavy atom. The minimum absolute atomic E-state index is 0.353. The molecular weight excluding hydrogens is 408 g/mol. The third-order valence-corrected chi connectivity index (χ3v) is 4.51. The van der Waals surface area contributed by atoms with E-state index in [4.69, 9.17) is 9.47 Å². The van der Waals surface area contributed by atoms with Crippen molar-refractivity contribution in [1.29, 1.82) is 0 Å². The molecule has 2 amide bonds. The summed E-state index contributed by atoms with van der Waals surface area (Å²) in [6.45, 7) is 3.88. The van der Waals surface area contributed by atoms with Crippen molar-refractivity contribution in [1.82, 2.24) is 20.0 Å². The first-order valence-electron chi connectivity index (χ1n) is 9.87. The first kappa shape index (κ1) is 20.9. The maximum Gasteiger partial charge on any atom is 0.323 e. The SMILES string of the molecule is COc1cccc(NC(=O)Nc2ccc(Oc3ccc(-n4nc(C)cc4C)nn3)cc2)c1. The lowest BCUT2D eigenvalue weighted by Crippen LogP contribution is -2.19. The molecule has 0 aliphatic rings. The number of nitrogens with one attached hydrogen (secondary N) is 2. The highest BCUT2D eigenvalue weighted by atomic mass is 16.5. The van der Waals surface area contributed by atoms with E-state index in [1.165, 1.54) is 0 Å². The summed E-state index contributed by atoms with van der Waals surface area (Å²) in [7, 11) is 1.57. The predicted molar refractivity (Wildman–Crippen MR) is 121 cm³/mol. The number of nitrogens with zero attached hydrogens (tertiary/aromatic N) is 4. The van der Waals surface area contributed by atoms with Crippen molar-refractivity contribution >= 4 is 17.4 Å². The van der Waals surface area contributed by atoms with Crippen LogP contribution in [-0.4, -0.2) is 33.1 Å². The monoisotopic (exact) mass is 430 g/mol. The van der Waals surface area contributed by atoms with Crippen LogP contribution in [0.1, 0.15) is 11.4 Å². The summed E-state index contributed by atoms with van der Waals surface area (Å²) in [5.41, 5.74) is 3.13. The number of rotatable bonds is 6. The van der Waals surface area contributed by atoms with E-state index in [-0.39, 0.29) is 6.03 Å². The van der Waals surface area contributed by atoms with Crippen LogP contribution in [0.3, 0.4) is 0 Å². The highest BCUT2D eigenvalue weighted by molar-refractivity contribution is 5.99. The van der Waals surface area contributed by atoms with Crippen LogP contribution >= 0.6 is 0 Å². The minimum Gasteiger partial charge on any atom is -0.497 e. The summed E-state index contributed by atoms with van der Waals surface area (Å²) in [5, 5.41) is 18.2. The lowest BCUT2D eigenvalue weighted by molar-refractivity contribution is 0.262. The summed E-state index contributed by atoms with van der Waals surface area (Å²) < 4.78 is 12.6. The van der Waals surface area contributed by atoms with Gasteiger partial charge in [-0.05, 0) is 62.4 Å². The molecule has 4 rings (SSSR count). The van der Waals surface area contributed by atoms with E-state index < -0.39 is 0 Å². The molecule has 0 fully saturated rings. The summed E-state index contributed by atoms with van der Waals surface area (Å²) >= 11 is 0. The summed E-state index contributed by atoms with van der Waals surface area (Å²) in [4.78, 5) is 12.2. The van der Waals surface area contributed by atoms with Crippen LogP contribution in [0.25, 0.3) is 5.82 Å². The van der Waals surface area contributed by atoms with Gasteiger partial charge in [0.2, 0.25) is 5.88 Å². The number of aromatic nitrogens is 4. The van der Waals surface area contributed by atoms with Crippen LogP contribution < -0.4 is 20.1 Å². The number of hydrogen-bond acceptors (Lipinski definition) is 6. The van der Waals surface area contributed by atoms with Crippen molar-refractivity contribution in [2.45, 2.75) is 13.8 Å². The molecule has 2 aromatic heterocycles. The number of benzene rings is 2. The molecule has 0 bridgehead atoms. The maximum atomic E-state index is 12.2. The molecule has 0 spiro atoms. The zero-order valence-electron chi connectivity index (χ0n) is 17.9. The van der Waals surface area contributed by atoms with Gasteiger partial charge in [-0.3, -0.25) is 0 Å². The second-order valence-electron chi connectivity index (χ2n) is 7.01. The number of carbonyl (C=O) groups is 1. The number of urea groups is 1. The molecule has 2 N–H and O–H groups in total. The number of hydrogen-bond donors (Lipinski definition) is 2. The van der Waals surface area contributed by atoms with E-state index >= 15 is 0 Å². The Bertz CT molecular complexity index is 1220. The van der Waals surface area contributed by atoms with Crippen LogP contribution in [0, 0.1) is 13.8 Å². The summed E-state index contributed by atoms with van der Waals surface area (Å²) in [5.74, 6) is 2.20. The van der Waals surface area contributed by atoms with Crippen LogP contribution in [-0.2, 0) is 0 Å². The van der Waals surface area contributed by atoms with Gasteiger partial charge in [0.05, 0.1) is 12.8 Å². The van der Waals surface area contributed by atoms with E-state index in [0.717, 1.165) is 11.4 Å². The molecule has 2 aromatic carbocycles. The van der Waals surface area contributed by atoms with E-state index in [1.54, 1.807) is 72.5 Å². The molecular formula is C23H22N6O3. The topological polar surface area (TPSA) is 103 Å². The third kappa shape index (κ3) is 5.01. The van der Waals surface area contributed by atoms with Gasteiger partial charge in [-0.25, -0.2) is 9.48 Å². The van der Waals surface area contributed by atoms with Gasteiger partial charge in [0, 0.05) is 29.2 Å². The Morgan fingerprint density at radius 1 is 0.875 bits per heavy atom. The summed E-state index contributed by atoms with van der Waals surface area (Å²) in [6, 6.07) is 19.2. The Labute approximate surface area is 185 Å². The first-order chi connectivity index (χ1) is 15.5.